The first kappa shape index (κ1) is 12.9. The lowest BCUT2D eigenvalue weighted by molar-refractivity contribution is 0.0167. The molecule has 16 heavy (non-hydrogen) atoms. The molecule has 0 aliphatic heterocycles. The SMILES string of the molecule is N#Cc1ccc(F)cc1C(O)C(O)CCCl. The van der Waals surface area contributed by atoms with Gasteiger partial charge in [-0.25, -0.2) is 4.39 Å². The van der Waals surface area contributed by atoms with Crippen molar-refractivity contribution >= 4 is 11.6 Å². The van der Waals surface area contributed by atoms with E-state index in [9.17, 15) is 14.6 Å². The number of hydrogen-bond acceptors (Lipinski definition) is 3. The van der Waals surface area contributed by atoms with Crippen LogP contribution in [0.2, 0.25) is 0 Å². The van der Waals surface area contributed by atoms with Gasteiger partial charge < -0.3 is 10.2 Å². The number of aliphatic hydroxyl groups is 2. The van der Waals surface area contributed by atoms with Gasteiger partial charge in [-0.2, -0.15) is 5.26 Å². The fourth-order valence-corrected chi connectivity index (χ4v) is 1.58. The van der Waals surface area contributed by atoms with Crippen LogP contribution in [0.3, 0.4) is 0 Å². The summed E-state index contributed by atoms with van der Waals surface area (Å²) in [5.41, 5.74) is 0.225. The first-order chi connectivity index (χ1) is 7.60. The maximum atomic E-state index is 13.0. The van der Waals surface area contributed by atoms with E-state index < -0.39 is 18.0 Å². The van der Waals surface area contributed by atoms with Crippen LogP contribution in [0.1, 0.15) is 23.7 Å². The zero-order valence-corrected chi connectivity index (χ0v) is 9.15. The number of hydrogen-bond donors (Lipinski definition) is 2. The number of benzene rings is 1. The molecule has 0 aliphatic carbocycles. The summed E-state index contributed by atoms with van der Waals surface area (Å²) in [4.78, 5) is 0. The molecular formula is C11H11ClFNO2. The highest BCUT2D eigenvalue weighted by atomic mass is 35.5. The number of aliphatic hydroxyl groups excluding tert-OH is 2. The summed E-state index contributed by atoms with van der Waals surface area (Å²) in [7, 11) is 0. The topological polar surface area (TPSA) is 64.2 Å². The van der Waals surface area contributed by atoms with Gasteiger partial charge in [0.25, 0.3) is 0 Å². The summed E-state index contributed by atoms with van der Waals surface area (Å²) in [5, 5.41) is 28.0. The highest BCUT2D eigenvalue weighted by Crippen LogP contribution is 2.23. The van der Waals surface area contributed by atoms with E-state index in [4.69, 9.17) is 16.9 Å². The number of rotatable bonds is 4. The van der Waals surface area contributed by atoms with Crippen molar-refractivity contribution in [3.63, 3.8) is 0 Å². The molecule has 5 heteroatoms. The van der Waals surface area contributed by atoms with Crippen LogP contribution in [0.15, 0.2) is 18.2 Å². The molecule has 0 saturated carbocycles. The van der Waals surface area contributed by atoms with Crippen LogP contribution in [0, 0.1) is 17.1 Å². The van der Waals surface area contributed by atoms with Gasteiger partial charge in [0.1, 0.15) is 11.9 Å². The van der Waals surface area contributed by atoms with E-state index in [1.54, 1.807) is 0 Å². The van der Waals surface area contributed by atoms with Crippen LogP contribution in [0.4, 0.5) is 4.39 Å². The molecule has 0 spiro atoms. The average Bonchev–Trinajstić information content (AvgIpc) is 2.28. The Bertz CT molecular complexity index is 405. The second-order valence-corrected chi connectivity index (χ2v) is 3.71. The Morgan fingerprint density at radius 1 is 1.44 bits per heavy atom. The van der Waals surface area contributed by atoms with Crippen LogP contribution in [-0.2, 0) is 0 Å². The van der Waals surface area contributed by atoms with E-state index in [-0.39, 0.29) is 23.4 Å². The standard InChI is InChI=1S/C11H11ClFNO2/c12-4-3-10(15)11(16)9-5-8(13)2-1-7(9)6-14/h1-2,5,10-11,15-16H,3-4H2. The Kier molecular flexibility index (Phi) is 4.69. The summed E-state index contributed by atoms with van der Waals surface area (Å²) < 4.78 is 13.0. The molecule has 2 unspecified atom stereocenters. The number of nitrogens with zero attached hydrogens (tertiary/aromatic N) is 1. The van der Waals surface area contributed by atoms with Gasteiger partial charge in [0.15, 0.2) is 0 Å². The maximum absolute atomic E-state index is 13.0. The highest BCUT2D eigenvalue weighted by molar-refractivity contribution is 6.17. The second-order valence-electron chi connectivity index (χ2n) is 3.33. The molecule has 0 aliphatic rings. The Morgan fingerprint density at radius 3 is 2.69 bits per heavy atom. The second kappa shape index (κ2) is 5.80. The Balaban J connectivity index is 3.02. The maximum Gasteiger partial charge on any atom is 0.123 e. The summed E-state index contributed by atoms with van der Waals surface area (Å²) in [6, 6.07) is 5.27. The van der Waals surface area contributed by atoms with E-state index in [1.165, 1.54) is 6.07 Å². The molecule has 0 radical (unpaired) electrons. The molecule has 1 aromatic carbocycles. The molecule has 0 saturated heterocycles. The summed E-state index contributed by atoms with van der Waals surface area (Å²) in [5.74, 6) is -0.388. The highest BCUT2D eigenvalue weighted by Gasteiger charge is 2.21. The van der Waals surface area contributed by atoms with Gasteiger partial charge in [0.05, 0.1) is 17.7 Å². The molecule has 2 atom stereocenters. The molecular weight excluding hydrogens is 233 g/mol. The smallest absolute Gasteiger partial charge is 0.123 e. The van der Waals surface area contributed by atoms with Crippen LogP contribution in [0.25, 0.3) is 0 Å². The normalized spacial score (nSPS) is 14.2. The fourth-order valence-electron chi connectivity index (χ4n) is 1.36. The first-order valence-electron chi connectivity index (χ1n) is 4.71. The monoisotopic (exact) mass is 243 g/mol. The number of halogens is 2. The fraction of sp³-hybridized carbons (Fsp3) is 0.364. The summed E-state index contributed by atoms with van der Waals surface area (Å²) in [6.07, 6.45) is -2.24. The van der Waals surface area contributed by atoms with Crippen molar-refractivity contribution in [1.82, 2.24) is 0 Å². The van der Waals surface area contributed by atoms with Crippen molar-refractivity contribution in [3.8, 4) is 6.07 Å². The molecule has 1 aromatic rings. The molecule has 0 heterocycles. The van der Waals surface area contributed by atoms with E-state index in [0.29, 0.717) is 0 Å². The third kappa shape index (κ3) is 2.92. The van der Waals surface area contributed by atoms with E-state index in [2.05, 4.69) is 0 Å². The summed E-state index contributed by atoms with van der Waals surface area (Å²) >= 11 is 5.42. The van der Waals surface area contributed by atoms with Crippen molar-refractivity contribution in [2.24, 2.45) is 0 Å². The zero-order valence-electron chi connectivity index (χ0n) is 8.40. The lowest BCUT2D eigenvalue weighted by atomic mass is 9.98. The van der Waals surface area contributed by atoms with Crippen LogP contribution >= 0.6 is 11.6 Å². The van der Waals surface area contributed by atoms with Gasteiger partial charge in [0.2, 0.25) is 0 Å². The predicted molar refractivity (Wildman–Crippen MR) is 57.4 cm³/mol. The van der Waals surface area contributed by atoms with Crippen molar-refractivity contribution in [2.45, 2.75) is 18.6 Å². The third-order valence-corrected chi connectivity index (χ3v) is 2.44. The van der Waals surface area contributed by atoms with Gasteiger partial charge in [-0.3, -0.25) is 0 Å². The van der Waals surface area contributed by atoms with Gasteiger partial charge >= 0.3 is 0 Å². The molecule has 2 N–H and O–H groups in total. The van der Waals surface area contributed by atoms with E-state index in [0.717, 1.165) is 12.1 Å². The van der Waals surface area contributed by atoms with Gasteiger partial charge in [-0.05, 0) is 24.6 Å². The first-order valence-corrected chi connectivity index (χ1v) is 5.25. The lowest BCUT2D eigenvalue weighted by Gasteiger charge is -2.18. The zero-order chi connectivity index (χ0) is 12.1. The van der Waals surface area contributed by atoms with Crippen molar-refractivity contribution in [2.75, 3.05) is 5.88 Å². The molecule has 0 aromatic heterocycles. The molecule has 86 valence electrons. The van der Waals surface area contributed by atoms with Crippen LogP contribution in [-0.4, -0.2) is 22.2 Å². The minimum Gasteiger partial charge on any atom is -0.390 e. The largest absolute Gasteiger partial charge is 0.390 e. The summed E-state index contributed by atoms with van der Waals surface area (Å²) in [6.45, 7) is 0. The van der Waals surface area contributed by atoms with Crippen LogP contribution < -0.4 is 0 Å². The molecule has 0 fully saturated rings. The quantitative estimate of drug-likeness (QED) is 0.792. The Labute approximate surface area is 97.7 Å². The Hall–Kier alpha value is -1.15. The van der Waals surface area contributed by atoms with E-state index in [1.807, 2.05) is 6.07 Å². The molecule has 1 rings (SSSR count). The minimum absolute atomic E-state index is 0.0834. The minimum atomic E-state index is -1.30. The molecule has 0 bridgehead atoms. The predicted octanol–water partition coefficient (Wildman–Crippen LogP) is 1.72. The van der Waals surface area contributed by atoms with Crippen molar-refractivity contribution in [3.05, 3.63) is 35.1 Å². The Morgan fingerprint density at radius 2 is 2.12 bits per heavy atom. The lowest BCUT2D eigenvalue weighted by Crippen LogP contribution is -2.19. The molecule has 3 nitrogen and oxygen atoms in total. The van der Waals surface area contributed by atoms with Crippen LogP contribution in [0.5, 0.6) is 0 Å². The third-order valence-electron chi connectivity index (χ3n) is 2.22. The van der Waals surface area contributed by atoms with Gasteiger partial charge in [-0.15, -0.1) is 11.6 Å². The van der Waals surface area contributed by atoms with Gasteiger partial charge in [0, 0.05) is 11.4 Å². The van der Waals surface area contributed by atoms with Crippen molar-refractivity contribution in [1.29, 1.82) is 5.26 Å². The average molecular weight is 244 g/mol. The van der Waals surface area contributed by atoms with Crippen molar-refractivity contribution < 1.29 is 14.6 Å². The van der Waals surface area contributed by atoms with E-state index >= 15 is 0 Å². The number of alkyl halides is 1. The number of nitriles is 1. The van der Waals surface area contributed by atoms with Gasteiger partial charge in [-0.1, -0.05) is 0 Å². The molecule has 0 amide bonds.